The molecule has 27 heavy (non-hydrogen) atoms. The van der Waals surface area contributed by atoms with E-state index in [0.717, 1.165) is 24.2 Å². The zero-order valence-electron chi connectivity index (χ0n) is 14.6. The van der Waals surface area contributed by atoms with E-state index in [2.05, 4.69) is 15.0 Å². The molecule has 1 aliphatic carbocycles. The molecule has 4 rings (SSSR count). The third kappa shape index (κ3) is 4.10. The Morgan fingerprint density at radius 1 is 1.19 bits per heavy atom. The summed E-state index contributed by atoms with van der Waals surface area (Å²) in [5.74, 6) is -0.297. The van der Waals surface area contributed by atoms with Crippen LogP contribution in [-0.4, -0.2) is 42.4 Å². The van der Waals surface area contributed by atoms with Crippen LogP contribution in [0.1, 0.15) is 24.2 Å². The third-order valence-electron chi connectivity index (χ3n) is 4.35. The van der Waals surface area contributed by atoms with Crippen LogP contribution < -0.4 is 9.22 Å². The molecule has 0 aliphatic heterocycles. The molecule has 2 aromatic heterocycles. The molecular formula is C18H17AsF3N4O. The van der Waals surface area contributed by atoms with Crippen LogP contribution in [0.15, 0.2) is 30.6 Å². The second-order valence-electron chi connectivity index (χ2n) is 6.44. The van der Waals surface area contributed by atoms with Gasteiger partial charge in [0.2, 0.25) is 0 Å². The molecule has 3 aromatic rings. The van der Waals surface area contributed by atoms with Crippen LogP contribution in [0.25, 0.3) is 11.2 Å². The molecule has 2 heterocycles. The Labute approximate surface area is 160 Å². The molecule has 141 valence electrons. The van der Waals surface area contributed by atoms with Crippen LogP contribution in [0.2, 0.25) is 4.71 Å². The Bertz CT molecular complexity index is 952. The summed E-state index contributed by atoms with van der Waals surface area (Å²) < 4.78 is 47.6. The van der Waals surface area contributed by atoms with Crippen LogP contribution in [0.4, 0.5) is 13.2 Å². The van der Waals surface area contributed by atoms with E-state index in [1.807, 2.05) is 24.3 Å². The summed E-state index contributed by atoms with van der Waals surface area (Å²) in [5, 5.41) is 0. The van der Waals surface area contributed by atoms with E-state index < -0.39 is 27.8 Å². The summed E-state index contributed by atoms with van der Waals surface area (Å²) in [6.07, 6.45) is -0.179. The van der Waals surface area contributed by atoms with Gasteiger partial charge in [-0.3, -0.25) is 0 Å². The molecule has 0 unspecified atom stereocenters. The Morgan fingerprint density at radius 2 is 1.93 bits per heavy atom. The number of alkyl halides is 3. The summed E-state index contributed by atoms with van der Waals surface area (Å²) >= 11 is -0.414. The molecule has 0 bridgehead atoms. The van der Waals surface area contributed by atoms with Gasteiger partial charge in [0, 0.05) is 0 Å². The first kappa shape index (κ1) is 18.3. The minimum atomic E-state index is -4.56. The number of hydrogen-bond acceptors (Lipinski definition) is 4. The molecule has 0 N–H and O–H groups in total. The minimum absolute atomic E-state index is 0.275. The molecule has 1 radical (unpaired) electrons. The number of rotatable bonds is 6. The van der Waals surface area contributed by atoms with Crippen molar-refractivity contribution < 1.29 is 17.9 Å². The zero-order chi connectivity index (χ0) is 19.0. The van der Waals surface area contributed by atoms with E-state index in [0.29, 0.717) is 27.7 Å². The average molecular weight is 437 g/mol. The van der Waals surface area contributed by atoms with Gasteiger partial charge in [0.05, 0.1) is 0 Å². The van der Waals surface area contributed by atoms with Crippen molar-refractivity contribution in [1.29, 1.82) is 0 Å². The van der Waals surface area contributed by atoms with Crippen molar-refractivity contribution in [2.75, 3.05) is 7.11 Å². The molecule has 1 fully saturated rings. The number of aryl methyl sites for hydroxylation is 2. The van der Waals surface area contributed by atoms with Crippen LogP contribution in [-0.2, 0) is 19.1 Å². The molecule has 0 saturated heterocycles. The van der Waals surface area contributed by atoms with E-state index in [4.69, 9.17) is 4.74 Å². The van der Waals surface area contributed by atoms with Gasteiger partial charge in [-0.05, 0) is 0 Å². The topological polar surface area (TPSA) is 52.8 Å². The normalized spacial score (nSPS) is 15.1. The molecule has 5 nitrogen and oxygen atoms in total. The number of aromatic nitrogens is 4. The Balaban J connectivity index is 1.63. The van der Waals surface area contributed by atoms with E-state index in [1.165, 1.54) is 0 Å². The number of fused-ring (bicyclic) bond motifs is 1. The van der Waals surface area contributed by atoms with Crippen LogP contribution in [0.3, 0.4) is 0 Å². The Hall–Kier alpha value is -2.08. The van der Waals surface area contributed by atoms with Gasteiger partial charge in [0.25, 0.3) is 0 Å². The van der Waals surface area contributed by atoms with Crippen LogP contribution in [0.5, 0.6) is 5.75 Å². The van der Waals surface area contributed by atoms with Crippen molar-refractivity contribution in [2.45, 2.75) is 36.7 Å². The second kappa shape index (κ2) is 7.15. The first-order chi connectivity index (χ1) is 12.9. The van der Waals surface area contributed by atoms with Crippen molar-refractivity contribution in [1.82, 2.24) is 19.5 Å². The van der Waals surface area contributed by atoms with Gasteiger partial charge in [-0.25, -0.2) is 0 Å². The van der Waals surface area contributed by atoms with Gasteiger partial charge in [0.1, 0.15) is 0 Å². The van der Waals surface area contributed by atoms with Gasteiger partial charge < -0.3 is 0 Å². The van der Waals surface area contributed by atoms with Gasteiger partial charge in [-0.2, -0.15) is 0 Å². The first-order valence-electron chi connectivity index (χ1n) is 8.58. The van der Waals surface area contributed by atoms with Crippen LogP contribution >= 0.6 is 0 Å². The quantitative estimate of drug-likeness (QED) is 0.557. The van der Waals surface area contributed by atoms with Crippen molar-refractivity contribution in [3.63, 3.8) is 0 Å². The predicted molar refractivity (Wildman–Crippen MR) is 95.4 cm³/mol. The molecule has 1 saturated carbocycles. The number of ether oxygens (including phenoxy) is 1. The van der Waals surface area contributed by atoms with Gasteiger partial charge in [-0.15, -0.1) is 0 Å². The third-order valence-corrected chi connectivity index (χ3v) is 7.37. The number of benzene rings is 1. The Kier molecular flexibility index (Phi) is 4.84. The summed E-state index contributed by atoms with van der Waals surface area (Å²) in [7, 11) is 1.60. The number of nitrogens with zero attached hydrogens (tertiary/aromatic N) is 4. The van der Waals surface area contributed by atoms with Crippen LogP contribution in [0, 0.1) is 0 Å². The summed E-state index contributed by atoms with van der Waals surface area (Å²) in [6.45, 7) is 0.497. The van der Waals surface area contributed by atoms with E-state index >= 15 is 0 Å². The summed E-state index contributed by atoms with van der Waals surface area (Å²) in [6, 6.07) is 7.61. The first-order valence-corrected chi connectivity index (χ1v) is 10.6. The SMILES string of the molecule is COc1ccc(CCn2cnc3c([As]C4CC4)nc(C(F)(F)F)nc32)cc1. The van der Waals surface area contributed by atoms with E-state index in [-0.39, 0.29) is 5.65 Å². The number of hydrogen-bond donors (Lipinski definition) is 0. The standard InChI is InChI=1S/C18H17AsF3N4O/c1-27-13-6-2-11(3-7-13)8-9-26-10-23-14-15(19-12-4-5-12)24-17(18(20,21)22)25-16(14)26/h2-3,6-7,10,12H,4-5,8-9H2,1H3. The molecular weight excluding hydrogens is 420 g/mol. The molecule has 0 amide bonds. The summed E-state index contributed by atoms with van der Waals surface area (Å²) in [4.78, 5) is 11.9. The Morgan fingerprint density at radius 3 is 2.56 bits per heavy atom. The fraction of sp³-hybridized carbons (Fsp3) is 0.389. The maximum atomic E-state index is 13.3. The monoisotopic (exact) mass is 437 g/mol. The molecule has 1 aliphatic rings. The molecule has 9 heteroatoms. The fourth-order valence-electron chi connectivity index (χ4n) is 2.73. The molecule has 0 spiro atoms. The summed E-state index contributed by atoms with van der Waals surface area (Å²) in [5.41, 5.74) is 1.86. The maximum absolute atomic E-state index is 13.3. The van der Waals surface area contributed by atoms with Gasteiger partial charge in [0.15, 0.2) is 0 Å². The number of halogens is 3. The molecule has 1 aromatic carbocycles. The number of imidazole rings is 1. The number of methoxy groups -OCH3 is 1. The average Bonchev–Trinajstić information content (AvgIpc) is 3.37. The fourth-order valence-corrected chi connectivity index (χ4v) is 5.22. The van der Waals surface area contributed by atoms with Crippen molar-refractivity contribution >= 4 is 31.4 Å². The van der Waals surface area contributed by atoms with Crippen molar-refractivity contribution in [2.24, 2.45) is 0 Å². The van der Waals surface area contributed by atoms with Gasteiger partial charge in [-0.1, -0.05) is 0 Å². The van der Waals surface area contributed by atoms with Crippen molar-refractivity contribution in [3.8, 4) is 5.75 Å². The molecule has 0 atom stereocenters. The van der Waals surface area contributed by atoms with E-state index in [9.17, 15) is 13.2 Å². The van der Waals surface area contributed by atoms with E-state index in [1.54, 1.807) is 18.0 Å². The van der Waals surface area contributed by atoms with Gasteiger partial charge >= 0.3 is 160 Å². The second-order valence-corrected chi connectivity index (χ2v) is 9.40. The van der Waals surface area contributed by atoms with Crippen molar-refractivity contribution in [3.05, 3.63) is 42.0 Å². The predicted octanol–water partition coefficient (Wildman–Crippen LogP) is 3.01. The zero-order valence-corrected chi connectivity index (χ0v) is 16.4.